The van der Waals surface area contributed by atoms with Crippen LogP contribution < -0.4 is 5.32 Å². The van der Waals surface area contributed by atoms with Gasteiger partial charge in [0.25, 0.3) is 0 Å². The molecule has 1 atom stereocenters. The Hall–Kier alpha value is -0.650. The number of piperazine rings is 1. The molecule has 5 heteroatoms. The summed E-state index contributed by atoms with van der Waals surface area (Å²) in [5, 5.41) is 12.3. The lowest BCUT2D eigenvalue weighted by molar-refractivity contribution is -0.144. The maximum Gasteiger partial charge on any atom is 0.322 e. The average molecular weight is 228 g/mol. The summed E-state index contributed by atoms with van der Waals surface area (Å²) in [5.41, 5.74) is 0. The molecule has 2 saturated heterocycles. The summed E-state index contributed by atoms with van der Waals surface area (Å²) in [7, 11) is 0. The van der Waals surface area contributed by atoms with Gasteiger partial charge in [0.05, 0.1) is 0 Å². The average Bonchev–Trinajstić information content (AvgIpc) is 2.31. The molecule has 2 aliphatic rings. The van der Waals surface area contributed by atoms with Crippen molar-refractivity contribution in [1.29, 1.82) is 0 Å². The van der Waals surface area contributed by atoms with Crippen molar-refractivity contribution in [2.24, 2.45) is 5.92 Å². The van der Waals surface area contributed by atoms with Crippen LogP contribution in [0.3, 0.4) is 0 Å². The predicted molar refractivity (Wildman–Crippen MR) is 59.4 cm³/mol. The number of rotatable bonds is 3. The third kappa shape index (κ3) is 2.93. The van der Waals surface area contributed by atoms with Gasteiger partial charge < -0.3 is 15.2 Å². The van der Waals surface area contributed by atoms with E-state index >= 15 is 0 Å². The lowest BCUT2D eigenvalue weighted by Crippen LogP contribution is -2.56. The Morgan fingerprint density at radius 3 is 2.88 bits per heavy atom. The van der Waals surface area contributed by atoms with Crippen molar-refractivity contribution in [2.45, 2.75) is 18.9 Å². The molecule has 2 fully saturated rings. The molecule has 2 N–H and O–H groups in total. The molecule has 1 unspecified atom stereocenters. The van der Waals surface area contributed by atoms with Gasteiger partial charge in [-0.2, -0.15) is 0 Å². The van der Waals surface area contributed by atoms with Crippen LogP contribution in [0.4, 0.5) is 0 Å². The van der Waals surface area contributed by atoms with E-state index in [1.54, 1.807) is 0 Å². The van der Waals surface area contributed by atoms with Crippen LogP contribution in [0.5, 0.6) is 0 Å². The second-order valence-corrected chi connectivity index (χ2v) is 4.61. The highest BCUT2D eigenvalue weighted by atomic mass is 16.5. The standard InChI is InChI=1S/C11H20N2O3/c14-11(15)10-7-12-3-4-13(10)8-9-1-5-16-6-2-9/h9-10,12H,1-8H2,(H,14,15). The lowest BCUT2D eigenvalue weighted by atomic mass is 9.98. The molecule has 0 saturated carbocycles. The molecule has 92 valence electrons. The van der Waals surface area contributed by atoms with Crippen LogP contribution in [0, 0.1) is 5.92 Å². The highest BCUT2D eigenvalue weighted by Crippen LogP contribution is 2.18. The van der Waals surface area contributed by atoms with Crippen LogP contribution in [0.1, 0.15) is 12.8 Å². The Morgan fingerprint density at radius 1 is 1.44 bits per heavy atom. The second-order valence-electron chi connectivity index (χ2n) is 4.61. The first-order valence-electron chi connectivity index (χ1n) is 6.02. The number of carboxylic acids is 1. The maximum absolute atomic E-state index is 11.1. The molecule has 0 aromatic heterocycles. The first-order valence-corrected chi connectivity index (χ1v) is 6.02. The SMILES string of the molecule is O=C(O)C1CNCCN1CC1CCOCC1. The minimum atomic E-state index is -0.709. The maximum atomic E-state index is 11.1. The van der Waals surface area contributed by atoms with E-state index in [1.165, 1.54) is 0 Å². The zero-order valence-electron chi connectivity index (χ0n) is 9.52. The fourth-order valence-corrected chi connectivity index (χ4v) is 2.47. The van der Waals surface area contributed by atoms with Gasteiger partial charge in [0.1, 0.15) is 6.04 Å². The molecule has 5 nitrogen and oxygen atoms in total. The molecule has 2 heterocycles. The van der Waals surface area contributed by atoms with Crippen LogP contribution in [-0.4, -0.2) is 61.4 Å². The number of nitrogens with one attached hydrogen (secondary N) is 1. The van der Waals surface area contributed by atoms with Crippen LogP contribution in [-0.2, 0) is 9.53 Å². The molecule has 2 rings (SSSR count). The Morgan fingerprint density at radius 2 is 2.19 bits per heavy atom. The molecular formula is C11H20N2O3. The summed E-state index contributed by atoms with van der Waals surface area (Å²) in [6, 6.07) is -0.350. The van der Waals surface area contributed by atoms with Crippen molar-refractivity contribution < 1.29 is 14.6 Å². The molecule has 16 heavy (non-hydrogen) atoms. The largest absolute Gasteiger partial charge is 0.480 e. The molecule has 0 spiro atoms. The summed E-state index contributed by atoms with van der Waals surface area (Å²) in [6.45, 7) is 4.87. The van der Waals surface area contributed by atoms with Gasteiger partial charge >= 0.3 is 5.97 Å². The van der Waals surface area contributed by atoms with Crippen LogP contribution in [0.2, 0.25) is 0 Å². The fraction of sp³-hybridized carbons (Fsp3) is 0.909. The molecule has 0 radical (unpaired) electrons. The molecule has 0 amide bonds. The van der Waals surface area contributed by atoms with Gasteiger partial charge in [-0.15, -0.1) is 0 Å². The van der Waals surface area contributed by atoms with E-state index in [-0.39, 0.29) is 6.04 Å². The minimum Gasteiger partial charge on any atom is -0.480 e. The molecule has 0 aliphatic carbocycles. The predicted octanol–water partition coefficient (Wildman–Crippen LogP) is -0.229. The van der Waals surface area contributed by atoms with E-state index in [2.05, 4.69) is 10.2 Å². The third-order valence-corrected chi connectivity index (χ3v) is 3.47. The molecule has 0 aromatic carbocycles. The number of hydrogen-bond donors (Lipinski definition) is 2. The van der Waals surface area contributed by atoms with Crippen LogP contribution in [0.15, 0.2) is 0 Å². The summed E-state index contributed by atoms with van der Waals surface area (Å²) in [4.78, 5) is 13.2. The van der Waals surface area contributed by atoms with Gasteiger partial charge in [-0.05, 0) is 18.8 Å². The number of aliphatic carboxylic acids is 1. The zero-order chi connectivity index (χ0) is 11.4. The Kier molecular flexibility index (Phi) is 4.15. The number of hydrogen-bond acceptors (Lipinski definition) is 4. The molecule has 0 aromatic rings. The Bertz CT molecular complexity index is 241. The number of carbonyl (C=O) groups is 1. The van der Waals surface area contributed by atoms with Gasteiger partial charge in [-0.1, -0.05) is 0 Å². The second kappa shape index (κ2) is 5.61. The quantitative estimate of drug-likeness (QED) is 0.699. The molecule has 2 aliphatic heterocycles. The van der Waals surface area contributed by atoms with E-state index in [0.29, 0.717) is 12.5 Å². The zero-order valence-corrected chi connectivity index (χ0v) is 9.52. The van der Waals surface area contributed by atoms with Gasteiger partial charge in [0.2, 0.25) is 0 Å². The topological polar surface area (TPSA) is 61.8 Å². The van der Waals surface area contributed by atoms with E-state index < -0.39 is 5.97 Å². The highest BCUT2D eigenvalue weighted by Gasteiger charge is 2.30. The van der Waals surface area contributed by atoms with Crippen molar-refractivity contribution in [3.63, 3.8) is 0 Å². The van der Waals surface area contributed by atoms with E-state index in [4.69, 9.17) is 9.84 Å². The van der Waals surface area contributed by atoms with Gasteiger partial charge in [-0.3, -0.25) is 9.69 Å². The summed E-state index contributed by atoms with van der Waals surface area (Å²) < 4.78 is 5.32. The van der Waals surface area contributed by atoms with Crippen molar-refractivity contribution >= 4 is 5.97 Å². The van der Waals surface area contributed by atoms with Gasteiger partial charge in [0, 0.05) is 39.4 Å². The van der Waals surface area contributed by atoms with E-state index in [1.807, 2.05) is 0 Å². The number of nitrogens with zero attached hydrogens (tertiary/aromatic N) is 1. The normalized spacial score (nSPS) is 29.1. The van der Waals surface area contributed by atoms with Gasteiger partial charge in [-0.25, -0.2) is 0 Å². The number of ether oxygens (including phenoxy) is 1. The summed E-state index contributed by atoms with van der Waals surface area (Å²) in [5.74, 6) is -0.104. The summed E-state index contributed by atoms with van der Waals surface area (Å²) in [6.07, 6.45) is 2.13. The third-order valence-electron chi connectivity index (χ3n) is 3.47. The Labute approximate surface area is 95.8 Å². The monoisotopic (exact) mass is 228 g/mol. The molecule has 0 bridgehead atoms. The minimum absolute atomic E-state index is 0.350. The first kappa shape index (κ1) is 11.8. The van der Waals surface area contributed by atoms with E-state index in [0.717, 1.165) is 45.7 Å². The van der Waals surface area contributed by atoms with Crippen molar-refractivity contribution in [3.8, 4) is 0 Å². The van der Waals surface area contributed by atoms with Gasteiger partial charge in [0.15, 0.2) is 0 Å². The fourth-order valence-electron chi connectivity index (χ4n) is 2.47. The summed E-state index contributed by atoms with van der Waals surface area (Å²) >= 11 is 0. The number of carboxylic acid groups (broad SMARTS) is 1. The van der Waals surface area contributed by atoms with Crippen LogP contribution in [0.25, 0.3) is 0 Å². The lowest BCUT2D eigenvalue weighted by Gasteiger charge is -2.36. The van der Waals surface area contributed by atoms with E-state index in [9.17, 15) is 4.79 Å². The Balaban J connectivity index is 1.87. The smallest absolute Gasteiger partial charge is 0.322 e. The first-order chi connectivity index (χ1) is 7.77. The molecular weight excluding hydrogens is 208 g/mol. The van der Waals surface area contributed by atoms with Crippen LogP contribution >= 0.6 is 0 Å². The highest BCUT2D eigenvalue weighted by molar-refractivity contribution is 5.73. The van der Waals surface area contributed by atoms with Crippen molar-refractivity contribution in [3.05, 3.63) is 0 Å². The van der Waals surface area contributed by atoms with Crippen molar-refractivity contribution in [1.82, 2.24) is 10.2 Å². The van der Waals surface area contributed by atoms with Crippen molar-refractivity contribution in [2.75, 3.05) is 39.4 Å².